The van der Waals surface area contributed by atoms with E-state index in [2.05, 4.69) is 17.1 Å². The van der Waals surface area contributed by atoms with Crippen molar-refractivity contribution in [1.82, 2.24) is 10.2 Å². The van der Waals surface area contributed by atoms with Crippen LogP contribution in [0.25, 0.3) is 0 Å². The van der Waals surface area contributed by atoms with Crippen molar-refractivity contribution in [1.29, 1.82) is 0 Å². The molecule has 96 valence electrons. The molecule has 0 spiro atoms. The molecule has 1 rings (SSSR count). The van der Waals surface area contributed by atoms with E-state index in [1.807, 2.05) is 0 Å². The molecule has 0 aliphatic carbocycles. The normalized spacial score (nSPS) is 23.8. The van der Waals surface area contributed by atoms with Gasteiger partial charge in [-0.3, -0.25) is 4.90 Å². The SMILES string of the molecule is CCCNC(COC)CN1CCC(OC)C1. The first-order chi connectivity index (χ1) is 7.80. The number of likely N-dealkylation sites (tertiary alicyclic amines) is 1. The van der Waals surface area contributed by atoms with Crippen molar-refractivity contribution in [3.05, 3.63) is 0 Å². The van der Waals surface area contributed by atoms with Crippen LogP contribution in [0.5, 0.6) is 0 Å². The van der Waals surface area contributed by atoms with E-state index in [4.69, 9.17) is 9.47 Å². The Hall–Kier alpha value is -0.160. The summed E-state index contributed by atoms with van der Waals surface area (Å²) < 4.78 is 10.6. The van der Waals surface area contributed by atoms with E-state index >= 15 is 0 Å². The van der Waals surface area contributed by atoms with E-state index in [-0.39, 0.29) is 0 Å². The molecule has 1 aliphatic rings. The summed E-state index contributed by atoms with van der Waals surface area (Å²) in [6.07, 6.45) is 2.75. The summed E-state index contributed by atoms with van der Waals surface area (Å²) in [7, 11) is 3.57. The quantitative estimate of drug-likeness (QED) is 0.666. The van der Waals surface area contributed by atoms with Gasteiger partial charge < -0.3 is 14.8 Å². The monoisotopic (exact) mass is 230 g/mol. The summed E-state index contributed by atoms with van der Waals surface area (Å²) in [5.41, 5.74) is 0. The Labute approximate surface area is 99.3 Å². The van der Waals surface area contributed by atoms with Gasteiger partial charge in [0.05, 0.1) is 12.7 Å². The van der Waals surface area contributed by atoms with Gasteiger partial charge in [-0.2, -0.15) is 0 Å². The Balaban J connectivity index is 2.25. The lowest BCUT2D eigenvalue weighted by Gasteiger charge is -2.24. The maximum Gasteiger partial charge on any atom is 0.0710 e. The van der Waals surface area contributed by atoms with Gasteiger partial charge in [0.25, 0.3) is 0 Å². The molecule has 0 saturated carbocycles. The second-order valence-corrected chi connectivity index (χ2v) is 4.51. The molecule has 1 saturated heterocycles. The smallest absolute Gasteiger partial charge is 0.0710 e. The Bertz CT molecular complexity index is 178. The van der Waals surface area contributed by atoms with E-state index in [1.54, 1.807) is 14.2 Å². The van der Waals surface area contributed by atoms with Crippen LogP contribution >= 0.6 is 0 Å². The summed E-state index contributed by atoms with van der Waals surface area (Å²) in [5.74, 6) is 0. The van der Waals surface area contributed by atoms with Crippen molar-refractivity contribution in [2.75, 3.05) is 47.0 Å². The number of methoxy groups -OCH3 is 2. The summed E-state index contributed by atoms with van der Waals surface area (Å²) in [6, 6.07) is 0.445. The van der Waals surface area contributed by atoms with Gasteiger partial charge in [0.15, 0.2) is 0 Å². The molecule has 2 unspecified atom stereocenters. The first-order valence-electron chi connectivity index (χ1n) is 6.27. The zero-order valence-corrected chi connectivity index (χ0v) is 10.9. The van der Waals surface area contributed by atoms with Gasteiger partial charge in [0.2, 0.25) is 0 Å². The first-order valence-corrected chi connectivity index (χ1v) is 6.27. The molecule has 4 nitrogen and oxygen atoms in total. The van der Waals surface area contributed by atoms with Crippen LogP contribution in [0.15, 0.2) is 0 Å². The number of hydrogen-bond donors (Lipinski definition) is 1. The molecule has 0 aromatic rings. The number of nitrogens with zero attached hydrogens (tertiary/aromatic N) is 1. The van der Waals surface area contributed by atoms with Gasteiger partial charge >= 0.3 is 0 Å². The fourth-order valence-electron chi connectivity index (χ4n) is 2.19. The number of rotatable bonds is 8. The molecule has 0 bridgehead atoms. The molecular formula is C12H26N2O2. The lowest BCUT2D eigenvalue weighted by Crippen LogP contribution is -2.43. The molecular weight excluding hydrogens is 204 g/mol. The lowest BCUT2D eigenvalue weighted by molar-refractivity contribution is 0.101. The molecule has 1 fully saturated rings. The van der Waals surface area contributed by atoms with E-state index in [0.29, 0.717) is 12.1 Å². The highest BCUT2D eigenvalue weighted by molar-refractivity contribution is 4.80. The van der Waals surface area contributed by atoms with Crippen LogP contribution in [0.2, 0.25) is 0 Å². The Morgan fingerprint density at radius 3 is 2.81 bits per heavy atom. The molecule has 0 aromatic heterocycles. The van der Waals surface area contributed by atoms with Crippen molar-refractivity contribution >= 4 is 0 Å². The van der Waals surface area contributed by atoms with Gasteiger partial charge in [0.1, 0.15) is 0 Å². The average Bonchev–Trinajstić information content (AvgIpc) is 2.74. The second kappa shape index (κ2) is 8.01. The molecule has 1 aliphatic heterocycles. The largest absolute Gasteiger partial charge is 0.383 e. The minimum atomic E-state index is 0.425. The van der Waals surface area contributed by atoms with Gasteiger partial charge in [-0.25, -0.2) is 0 Å². The van der Waals surface area contributed by atoms with E-state index < -0.39 is 0 Å². The minimum Gasteiger partial charge on any atom is -0.383 e. The maximum absolute atomic E-state index is 5.37. The van der Waals surface area contributed by atoms with Crippen LogP contribution in [-0.2, 0) is 9.47 Å². The van der Waals surface area contributed by atoms with Crippen molar-refractivity contribution < 1.29 is 9.47 Å². The molecule has 2 atom stereocenters. The van der Waals surface area contributed by atoms with Crippen LogP contribution in [0.4, 0.5) is 0 Å². The third-order valence-electron chi connectivity index (χ3n) is 3.09. The number of hydrogen-bond acceptors (Lipinski definition) is 4. The third-order valence-corrected chi connectivity index (χ3v) is 3.09. The zero-order chi connectivity index (χ0) is 11.8. The van der Waals surface area contributed by atoms with Gasteiger partial charge in [-0.1, -0.05) is 6.92 Å². The van der Waals surface area contributed by atoms with Crippen molar-refractivity contribution in [3.8, 4) is 0 Å². The summed E-state index contributed by atoms with van der Waals surface area (Å²) >= 11 is 0. The van der Waals surface area contributed by atoms with Crippen LogP contribution in [-0.4, -0.2) is 64.1 Å². The predicted octanol–water partition coefficient (Wildman–Crippen LogP) is 0.722. The highest BCUT2D eigenvalue weighted by Gasteiger charge is 2.23. The highest BCUT2D eigenvalue weighted by Crippen LogP contribution is 2.11. The first kappa shape index (κ1) is 13.9. The molecule has 0 amide bonds. The van der Waals surface area contributed by atoms with Crippen molar-refractivity contribution in [3.63, 3.8) is 0 Å². The molecule has 1 N–H and O–H groups in total. The van der Waals surface area contributed by atoms with E-state index in [1.165, 1.54) is 6.42 Å². The Morgan fingerprint density at radius 2 is 2.25 bits per heavy atom. The average molecular weight is 230 g/mol. The standard InChI is InChI=1S/C12H26N2O2/c1-4-6-13-11(10-15-2)8-14-7-5-12(9-14)16-3/h11-13H,4-10H2,1-3H3. The summed E-state index contributed by atoms with van der Waals surface area (Å²) in [6.45, 7) is 7.31. The topological polar surface area (TPSA) is 33.7 Å². The Kier molecular flexibility index (Phi) is 6.96. The van der Waals surface area contributed by atoms with Crippen LogP contribution in [0.1, 0.15) is 19.8 Å². The van der Waals surface area contributed by atoms with E-state index in [9.17, 15) is 0 Å². The van der Waals surface area contributed by atoms with Crippen molar-refractivity contribution in [2.45, 2.75) is 31.9 Å². The predicted molar refractivity (Wildman–Crippen MR) is 65.8 cm³/mol. The summed E-state index contributed by atoms with van der Waals surface area (Å²) in [5, 5.41) is 3.52. The number of nitrogens with one attached hydrogen (secondary N) is 1. The molecule has 16 heavy (non-hydrogen) atoms. The van der Waals surface area contributed by atoms with Crippen molar-refractivity contribution in [2.24, 2.45) is 0 Å². The van der Waals surface area contributed by atoms with Crippen LogP contribution < -0.4 is 5.32 Å². The highest BCUT2D eigenvalue weighted by atomic mass is 16.5. The Morgan fingerprint density at radius 1 is 1.44 bits per heavy atom. The third kappa shape index (κ3) is 4.78. The van der Waals surface area contributed by atoms with E-state index in [0.717, 1.165) is 39.2 Å². The molecule has 4 heteroatoms. The molecule has 0 radical (unpaired) electrons. The maximum atomic E-state index is 5.37. The summed E-state index contributed by atoms with van der Waals surface area (Å²) in [4.78, 5) is 2.46. The zero-order valence-electron chi connectivity index (χ0n) is 10.9. The molecule has 0 aromatic carbocycles. The fraction of sp³-hybridized carbons (Fsp3) is 1.00. The van der Waals surface area contributed by atoms with Gasteiger partial charge in [0, 0.05) is 39.9 Å². The lowest BCUT2D eigenvalue weighted by atomic mass is 10.2. The molecule has 1 heterocycles. The minimum absolute atomic E-state index is 0.425. The van der Waals surface area contributed by atoms with Gasteiger partial charge in [-0.05, 0) is 19.4 Å². The van der Waals surface area contributed by atoms with Crippen LogP contribution in [0, 0.1) is 0 Å². The van der Waals surface area contributed by atoms with Crippen LogP contribution in [0.3, 0.4) is 0 Å². The second-order valence-electron chi connectivity index (χ2n) is 4.51. The fourth-order valence-corrected chi connectivity index (χ4v) is 2.19. The van der Waals surface area contributed by atoms with Gasteiger partial charge in [-0.15, -0.1) is 0 Å². The number of ether oxygens (including phenoxy) is 2.